The van der Waals surface area contributed by atoms with E-state index in [2.05, 4.69) is 20.6 Å². The Morgan fingerprint density at radius 2 is 1.62 bits per heavy atom. The minimum absolute atomic E-state index is 0.00556. The molecule has 0 spiro atoms. The lowest BCUT2D eigenvalue weighted by molar-refractivity contribution is 0.102. The number of benzene rings is 2. The molecule has 0 saturated heterocycles. The maximum Gasteiger partial charge on any atom is 0.255 e. The molecule has 0 aliphatic heterocycles. The summed E-state index contributed by atoms with van der Waals surface area (Å²) >= 11 is 0. The minimum Gasteiger partial charge on any atom is -0.508 e. The van der Waals surface area contributed by atoms with Crippen LogP contribution in [0.3, 0.4) is 0 Å². The summed E-state index contributed by atoms with van der Waals surface area (Å²) < 4.78 is 25.6. The van der Waals surface area contributed by atoms with Crippen molar-refractivity contribution < 1.29 is 18.3 Å². The Balaban J connectivity index is 1.38. The van der Waals surface area contributed by atoms with Crippen LogP contribution >= 0.6 is 0 Å². The molecule has 0 unspecified atom stereocenters. The van der Waals surface area contributed by atoms with Gasteiger partial charge < -0.3 is 15.7 Å². The van der Waals surface area contributed by atoms with Crippen molar-refractivity contribution in [3.63, 3.8) is 0 Å². The Bertz CT molecular complexity index is 1190. The number of aromatic hydroxyl groups is 1. The fourth-order valence-corrected chi connectivity index (χ4v) is 5.59. The first kappa shape index (κ1) is 21.8. The molecule has 3 N–H and O–H groups in total. The maximum absolute atomic E-state index is 12.8. The van der Waals surface area contributed by atoms with Gasteiger partial charge in [-0.3, -0.25) is 4.79 Å². The molecular formula is C23H24N4O4S. The first-order chi connectivity index (χ1) is 15.4. The van der Waals surface area contributed by atoms with Crippen LogP contribution in [-0.2, 0) is 9.84 Å². The highest BCUT2D eigenvalue weighted by Gasteiger charge is 2.28. The molecule has 0 atom stereocenters. The van der Waals surface area contributed by atoms with Gasteiger partial charge in [0.1, 0.15) is 5.75 Å². The molecule has 1 fully saturated rings. The third kappa shape index (κ3) is 5.05. The summed E-state index contributed by atoms with van der Waals surface area (Å²) in [4.78, 5) is 20.9. The molecule has 9 heteroatoms. The van der Waals surface area contributed by atoms with Gasteiger partial charge in [0.2, 0.25) is 5.95 Å². The largest absolute Gasteiger partial charge is 0.508 e. The van der Waals surface area contributed by atoms with Gasteiger partial charge in [-0.1, -0.05) is 25.3 Å². The molecule has 1 saturated carbocycles. The highest BCUT2D eigenvalue weighted by Crippen LogP contribution is 2.29. The predicted octanol–water partition coefficient (Wildman–Crippen LogP) is 4.28. The number of nitrogens with zero attached hydrogens (tertiary/aromatic N) is 2. The highest BCUT2D eigenvalue weighted by atomic mass is 32.2. The van der Waals surface area contributed by atoms with Gasteiger partial charge in [-0.2, -0.15) is 0 Å². The SMILES string of the molecule is O=C(Nc1cnc(Nc2ccc(S(=O)(=O)C3CCCCC3)cc2)nc1)c1cccc(O)c1. The normalized spacial score (nSPS) is 14.6. The van der Waals surface area contributed by atoms with Gasteiger partial charge >= 0.3 is 0 Å². The number of phenols is 1. The molecule has 8 nitrogen and oxygen atoms in total. The Morgan fingerprint density at radius 3 is 2.28 bits per heavy atom. The smallest absolute Gasteiger partial charge is 0.255 e. The standard InChI is InChI=1S/C23H24N4O4S/c28-19-6-4-5-16(13-19)22(29)26-18-14-24-23(25-15-18)27-17-9-11-21(12-10-17)32(30,31)20-7-2-1-3-8-20/h4-6,9-15,20,28H,1-3,7-8H2,(H,26,29)(H,24,25,27). The van der Waals surface area contributed by atoms with Gasteiger partial charge in [-0.15, -0.1) is 0 Å². The lowest BCUT2D eigenvalue weighted by Crippen LogP contribution is -2.24. The molecule has 1 aliphatic carbocycles. The first-order valence-corrected chi connectivity index (χ1v) is 12.0. The van der Waals surface area contributed by atoms with Gasteiger partial charge in [0.25, 0.3) is 5.91 Å². The van der Waals surface area contributed by atoms with Crippen LogP contribution in [0, 0.1) is 0 Å². The summed E-state index contributed by atoms with van der Waals surface area (Å²) in [5.41, 5.74) is 1.37. The lowest BCUT2D eigenvalue weighted by atomic mass is 10.0. The van der Waals surface area contributed by atoms with E-state index in [1.807, 2.05) is 0 Å². The summed E-state index contributed by atoms with van der Waals surface area (Å²) in [6.45, 7) is 0. The van der Waals surface area contributed by atoms with Gasteiger partial charge in [-0.25, -0.2) is 18.4 Å². The Hall–Kier alpha value is -3.46. The molecular weight excluding hydrogens is 428 g/mol. The van der Waals surface area contributed by atoms with Crippen LogP contribution in [-0.4, -0.2) is 34.6 Å². The van der Waals surface area contributed by atoms with Crippen molar-refractivity contribution in [2.24, 2.45) is 0 Å². The predicted molar refractivity (Wildman–Crippen MR) is 122 cm³/mol. The zero-order valence-electron chi connectivity index (χ0n) is 17.4. The van der Waals surface area contributed by atoms with Crippen LogP contribution in [0.15, 0.2) is 65.8 Å². The third-order valence-electron chi connectivity index (χ3n) is 5.45. The number of hydrogen-bond donors (Lipinski definition) is 3. The number of rotatable bonds is 6. The van der Waals surface area contributed by atoms with E-state index in [4.69, 9.17) is 0 Å². The zero-order chi connectivity index (χ0) is 22.6. The van der Waals surface area contributed by atoms with E-state index in [9.17, 15) is 18.3 Å². The maximum atomic E-state index is 12.8. The molecule has 32 heavy (non-hydrogen) atoms. The average Bonchev–Trinajstić information content (AvgIpc) is 2.81. The molecule has 3 aromatic rings. The Morgan fingerprint density at radius 1 is 0.938 bits per heavy atom. The van der Waals surface area contributed by atoms with Gasteiger partial charge in [0, 0.05) is 11.3 Å². The summed E-state index contributed by atoms with van der Waals surface area (Å²) in [6, 6.07) is 12.6. The van der Waals surface area contributed by atoms with Crippen molar-refractivity contribution in [3.8, 4) is 5.75 Å². The van der Waals surface area contributed by atoms with E-state index >= 15 is 0 Å². The number of anilines is 3. The monoisotopic (exact) mass is 452 g/mol. The van der Waals surface area contributed by atoms with Crippen LogP contribution in [0.25, 0.3) is 0 Å². The summed E-state index contributed by atoms with van der Waals surface area (Å²) in [5.74, 6) is -0.0748. The molecule has 4 rings (SSSR count). The molecule has 2 aromatic carbocycles. The van der Waals surface area contributed by atoms with Crippen molar-refractivity contribution in [1.29, 1.82) is 0 Å². The zero-order valence-corrected chi connectivity index (χ0v) is 18.2. The second-order valence-corrected chi connectivity index (χ2v) is 9.98. The number of amides is 1. The van der Waals surface area contributed by atoms with Crippen LogP contribution in [0.1, 0.15) is 42.5 Å². The van der Waals surface area contributed by atoms with E-state index < -0.39 is 9.84 Å². The van der Waals surface area contributed by atoms with E-state index in [0.29, 0.717) is 27.8 Å². The van der Waals surface area contributed by atoms with Crippen LogP contribution < -0.4 is 10.6 Å². The summed E-state index contributed by atoms with van der Waals surface area (Å²) in [6.07, 6.45) is 7.40. The third-order valence-corrected chi connectivity index (χ3v) is 7.73. The summed E-state index contributed by atoms with van der Waals surface area (Å²) in [5, 5.41) is 14.9. The second kappa shape index (κ2) is 9.35. The summed E-state index contributed by atoms with van der Waals surface area (Å²) in [7, 11) is -3.31. The van der Waals surface area contributed by atoms with Gasteiger partial charge in [0.15, 0.2) is 9.84 Å². The van der Waals surface area contributed by atoms with Gasteiger partial charge in [-0.05, 0) is 55.3 Å². The van der Waals surface area contributed by atoms with E-state index in [0.717, 1.165) is 32.1 Å². The Kier molecular flexibility index (Phi) is 6.36. The molecule has 1 amide bonds. The quantitative estimate of drug-likeness (QED) is 0.510. The van der Waals surface area contributed by atoms with Crippen molar-refractivity contribution in [2.75, 3.05) is 10.6 Å². The van der Waals surface area contributed by atoms with Crippen LogP contribution in [0.4, 0.5) is 17.3 Å². The van der Waals surface area contributed by atoms with Crippen LogP contribution in [0.5, 0.6) is 5.75 Å². The number of carbonyl (C=O) groups excluding carboxylic acids is 1. The average molecular weight is 453 g/mol. The van der Waals surface area contributed by atoms with Crippen molar-refractivity contribution >= 4 is 33.1 Å². The molecule has 0 radical (unpaired) electrons. The number of phenolic OH excluding ortho intramolecular Hbond substituents is 1. The number of aromatic nitrogens is 2. The fraction of sp³-hybridized carbons (Fsp3) is 0.261. The van der Waals surface area contributed by atoms with E-state index in [-0.39, 0.29) is 16.9 Å². The molecule has 1 aromatic heterocycles. The van der Waals surface area contributed by atoms with Crippen molar-refractivity contribution in [3.05, 3.63) is 66.5 Å². The molecule has 166 valence electrons. The molecule has 1 aliphatic rings. The van der Waals surface area contributed by atoms with Crippen molar-refractivity contribution in [2.45, 2.75) is 42.2 Å². The molecule has 1 heterocycles. The van der Waals surface area contributed by atoms with E-state index in [1.54, 1.807) is 36.4 Å². The number of hydrogen-bond acceptors (Lipinski definition) is 7. The second-order valence-electron chi connectivity index (χ2n) is 7.75. The van der Waals surface area contributed by atoms with Crippen LogP contribution in [0.2, 0.25) is 0 Å². The number of carbonyl (C=O) groups is 1. The lowest BCUT2D eigenvalue weighted by Gasteiger charge is -2.21. The first-order valence-electron chi connectivity index (χ1n) is 10.5. The Labute approximate surface area is 186 Å². The molecule has 0 bridgehead atoms. The highest BCUT2D eigenvalue weighted by molar-refractivity contribution is 7.92. The van der Waals surface area contributed by atoms with E-state index in [1.165, 1.54) is 24.5 Å². The number of sulfone groups is 1. The van der Waals surface area contributed by atoms with Gasteiger partial charge in [0.05, 0.1) is 28.2 Å². The minimum atomic E-state index is -3.31. The van der Waals surface area contributed by atoms with Crippen molar-refractivity contribution in [1.82, 2.24) is 9.97 Å². The topological polar surface area (TPSA) is 121 Å². The number of nitrogens with one attached hydrogen (secondary N) is 2. The fourth-order valence-electron chi connectivity index (χ4n) is 3.73.